The molecule has 2 N–H and O–H groups in total. The van der Waals surface area contributed by atoms with E-state index in [2.05, 4.69) is 30.6 Å². The van der Waals surface area contributed by atoms with Gasteiger partial charge in [-0.3, -0.25) is 14.9 Å². The molecular weight excluding hydrogens is 442 g/mol. The summed E-state index contributed by atoms with van der Waals surface area (Å²) in [7, 11) is 2.65. The first kappa shape index (κ1) is 20.9. The zero-order valence-electron chi connectivity index (χ0n) is 14.6. The Morgan fingerprint density at radius 2 is 2.07 bits per heavy atom. The molecule has 0 aliphatic rings. The molecule has 2 aromatic rings. The minimum Gasteiger partial charge on any atom is -0.493 e. The van der Waals surface area contributed by atoms with Crippen LogP contribution in [0.15, 0.2) is 21.4 Å². The van der Waals surface area contributed by atoms with Crippen LogP contribution in [0.1, 0.15) is 11.4 Å². The number of hydrogen-bond acceptors (Lipinski definition) is 9. The molecule has 0 aliphatic carbocycles. The van der Waals surface area contributed by atoms with Crippen molar-refractivity contribution in [2.24, 2.45) is 0 Å². The number of hydrogen-bond donors (Lipinski definition) is 2. The van der Waals surface area contributed by atoms with E-state index in [9.17, 15) is 24.8 Å². The van der Waals surface area contributed by atoms with E-state index in [4.69, 9.17) is 9.47 Å². The Morgan fingerprint density at radius 1 is 1.36 bits per heavy atom. The molecule has 2 rings (SSSR count). The number of halogens is 1. The zero-order chi connectivity index (χ0) is 20.8. The fourth-order valence-corrected chi connectivity index (χ4v) is 2.49. The average molecular weight is 456 g/mol. The first-order chi connectivity index (χ1) is 13.3. The van der Waals surface area contributed by atoms with Gasteiger partial charge in [0, 0.05) is 4.47 Å². The molecule has 1 aromatic carbocycles. The maximum atomic E-state index is 11.7. The number of aromatic nitrogens is 2. The molecule has 0 saturated carbocycles. The Labute approximate surface area is 165 Å². The summed E-state index contributed by atoms with van der Waals surface area (Å²) in [5.74, 6) is -1.03. The summed E-state index contributed by atoms with van der Waals surface area (Å²) in [6, 6.07) is 3.14. The van der Waals surface area contributed by atoms with E-state index in [0.717, 1.165) is 0 Å². The molecule has 1 heterocycles. The predicted octanol–water partition coefficient (Wildman–Crippen LogP) is 1.88. The molecule has 0 aliphatic heterocycles. The van der Waals surface area contributed by atoms with Crippen LogP contribution in [0.3, 0.4) is 0 Å². The molecule has 1 aromatic heterocycles. The van der Waals surface area contributed by atoms with Crippen molar-refractivity contribution in [1.29, 1.82) is 0 Å². The van der Waals surface area contributed by atoms with Crippen LogP contribution in [0.5, 0.6) is 17.4 Å². The molecule has 0 unspecified atom stereocenters. The van der Waals surface area contributed by atoms with Gasteiger partial charge in [-0.15, -0.1) is 0 Å². The van der Waals surface area contributed by atoms with Crippen molar-refractivity contribution in [2.45, 2.75) is 0 Å². The van der Waals surface area contributed by atoms with Gasteiger partial charge in [0.2, 0.25) is 0 Å². The van der Waals surface area contributed by atoms with E-state index in [0.29, 0.717) is 15.8 Å². The minimum atomic E-state index is -1.08. The Balaban J connectivity index is 2.32. The molecule has 148 valence electrons. The van der Waals surface area contributed by atoms with E-state index in [1.165, 1.54) is 26.4 Å². The van der Waals surface area contributed by atoms with Crippen LogP contribution >= 0.6 is 15.9 Å². The summed E-state index contributed by atoms with van der Waals surface area (Å²) in [4.78, 5) is 38.3. The normalized spacial score (nSPS) is 10.7. The lowest BCUT2D eigenvalue weighted by Gasteiger charge is -2.12. The van der Waals surface area contributed by atoms with E-state index >= 15 is 0 Å². The number of nitrogens with zero attached hydrogens (tertiary/aromatic N) is 2. The Kier molecular flexibility index (Phi) is 6.71. The van der Waals surface area contributed by atoms with Crippen LogP contribution in [0, 0.1) is 10.1 Å². The second-order valence-electron chi connectivity index (χ2n) is 5.10. The van der Waals surface area contributed by atoms with E-state index < -0.39 is 28.0 Å². The number of benzene rings is 1. The van der Waals surface area contributed by atoms with Crippen molar-refractivity contribution in [3.63, 3.8) is 0 Å². The van der Waals surface area contributed by atoms with Crippen molar-refractivity contribution in [3.05, 3.63) is 48.5 Å². The largest absolute Gasteiger partial charge is 0.493 e. The topological polar surface area (TPSA) is 154 Å². The molecule has 12 heteroatoms. The molecule has 0 radical (unpaired) electrons. The van der Waals surface area contributed by atoms with Crippen molar-refractivity contribution in [1.82, 2.24) is 9.97 Å². The number of ether oxygens (including phenoxy) is 3. The summed E-state index contributed by atoms with van der Waals surface area (Å²) in [6.45, 7) is -0.304. The van der Waals surface area contributed by atoms with Crippen molar-refractivity contribution in [3.8, 4) is 17.4 Å². The van der Waals surface area contributed by atoms with E-state index in [1.54, 1.807) is 12.1 Å². The average Bonchev–Trinajstić information content (AvgIpc) is 2.64. The number of carbonyl (C=O) groups is 1. The van der Waals surface area contributed by atoms with Gasteiger partial charge in [-0.2, -0.15) is 4.98 Å². The molecule has 0 spiro atoms. The van der Waals surface area contributed by atoms with Gasteiger partial charge in [0.15, 0.2) is 18.1 Å². The van der Waals surface area contributed by atoms with Crippen LogP contribution in [-0.2, 0) is 9.53 Å². The number of rotatable bonds is 7. The number of nitro groups is 1. The van der Waals surface area contributed by atoms with Crippen LogP contribution in [-0.4, -0.2) is 46.8 Å². The summed E-state index contributed by atoms with van der Waals surface area (Å²) < 4.78 is 15.6. The number of aromatic hydroxyl groups is 1. The smallest absolute Gasteiger partial charge is 0.395 e. The van der Waals surface area contributed by atoms with Gasteiger partial charge >= 0.3 is 17.2 Å². The number of H-pyrrole nitrogens is 1. The lowest BCUT2D eigenvalue weighted by atomic mass is 10.2. The Bertz CT molecular complexity index is 1000. The summed E-state index contributed by atoms with van der Waals surface area (Å²) in [5.41, 5.74) is -1.55. The van der Waals surface area contributed by atoms with Gasteiger partial charge in [0.25, 0.3) is 5.88 Å². The highest BCUT2D eigenvalue weighted by molar-refractivity contribution is 9.10. The number of nitrogens with one attached hydrogen (secondary N) is 1. The second kappa shape index (κ2) is 8.99. The first-order valence-electron chi connectivity index (χ1n) is 7.49. The Hall–Kier alpha value is -3.41. The molecule has 0 fully saturated rings. The molecule has 0 bridgehead atoms. The number of methoxy groups -OCH3 is 2. The van der Waals surface area contributed by atoms with Crippen LogP contribution in [0.2, 0.25) is 0 Å². The van der Waals surface area contributed by atoms with Gasteiger partial charge < -0.3 is 24.3 Å². The minimum absolute atomic E-state index is 0.0926. The number of aromatic amines is 1. The highest BCUT2D eigenvalue weighted by Crippen LogP contribution is 2.34. The predicted molar refractivity (Wildman–Crippen MR) is 100 cm³/mol. The van der Waals surface area contributed by atoms with Crippen LogP contribution < -0.4 is 15.0 Å². The monoisotopic (exact) mass is 455 g/mol. The Morgan fingerprint density at radius 3 is 2.64 bits per heavy atom. The van der Waals surface area contributed by atoms with Crippen LogP contribution in [0.4, 0.5) is 5.69 Å². The highest BCUT2D eigenvalue weighted by Gasteiger charge is 2.21. The molecule has 0 atom stereocenters. The standard InChI is InChI=1S/C16H14BrN3O8/c1-26-10-5-8(9(17)6-11(10)28-7-13(21)27-2)3-4-12-18-15(22)14(20(24)25)16(23)19-12/h3-6H,7H2,1-2H3,(H2,18,19,22,23). The molecular formula is C16H14BrN3O8. The maximum absolute atomic E-state index is 11.7. The van der Waals surface area contributed by atoms with Gasteiger partial charge in [0.05, 0.1) is 19.1 Å². The third kappa shape index (κ3) is 4.85. The van der Waals surface area contributed by atoms with E-state index in [1.807, 2.05) is 0 Å². The summed E-state index contributed by atoms with van der Waals surface area (Å²) in [5, 5.41) is 20.2. The number of carbonyl (C=O) groups excluding carboxylic acids is 1. The third-order valence-electron chi connectivity index (χ3n) is 3.35. The quantitative estimate of drug-likeness (QED) is 0.361. The first-order valence-corrected chi connectivity index (χ1v) is 8.29. The fourth-order valence-electron chi connectivity index (χ4n) is 2.03. The second-order valence-corrected chi connectivity index (χ2v) is 5.96. The van der Waals surface area contributed by atoms with Crippen molar-refractivity contribution >= 4 is 39.7 Å². The van der Waals surface area contributed by atoms with Crippen LogP contribution in [0.25, 0.3) is 12.2 Å². The van der Waals surface area contributed by atoms with Crippen molar-refractivity contribution in [2.75, 3.05) is 20.8 Å². The van der Waals surface area contributed by atoms with Gasteiger partial charge in [-0.05, 0) is 23.8 Å². The molecule has 28 heavy (non-hydrogen) atoms. The lowest BCUT2D eigenvalue weighted by Crippen LogP contribution is -2.14. The van der Waals surface area contributed by atoms with Gasteiger partial charge in [-0.25, -0.2) is 4.79 Å². The van der Waals surface area contributed by atoms with E-state index in [-0.39, 0.29) is 18.2 Å². The number of esters is 1. The summed E-state index contributed by atoms with van der Waals surface area (Å²) >= 11 is 3.33. The maximum Gasteiger partial charge on any atom is 0.395 e. The van der Waals surface area contributed by atoms with Gasteiger partial charge in [-0.1, -0.05) is 22.0 Å². The zero-order valence-corrected chi connectivity index (χ0v) is 16.2. The molecule has 11 nitrogen and oxygen atoms in total. The third-order valence-corrected chi connectivity index (χ3v) is 4.04. The highest BCUT2D eigenvalue weighted by atomic mass is 79.9. The SMILES string of the molecule is COC(=O)COc1cc(Br)c(C=Cc2nc(O)c([N+](=O)[O-])c(=O)[nH]2)cc1OC. The fraction of sp³-hybridized carbons (Fsp3) is 0.188. The van der Waals surface area contributed by atoms with Gasteiger partial charge in [0.1, 0.15) is 5.82 Å². The molecule has 0 saturated heterocycles. The van der Waals surface area contributed by atoms with Crippen molar-refractivity contribution < 1.29 is 29.0 Å². The lowest BCUT2D eigenvalue weighted by molar-refractivity contribution is -0.387. The summed E-state index contributed by atoms with van der Waals surface area (Å²) in [6.07, 6.45) is 2.85. The molecule has 0 amide bonds.